The monoisotopic (exact) mass is 602 g/mol. The first-order valence-corrected chi connectivity index (χ1v) is 14.8. The summed E-state index contributed by atoms with van der Waals surface area (Å²) in [7, 11) is 0. The highest BCUT2D eigenvalue weighted by Gasteiger charge is 2.26. The van der Waals surface area contributed by atoms with Gasteiger partial charge >= 0.3 is 12.5 Å². The fraction of sp³-hybridized carbons (Fsp3) is 0.375. The van der Waals surface area contributed by atoms with Crippen LogP contribution in [0.4, 0.5) is 8.78 Å². The Hall–Kier alpha value is -4.42. The van der Waals surface area contributed by atoms with E-state index in [0.717, 1.165) is 67.1 Å². The molecular formula is C32H32F2N6O4. The SMILES string of the molecule is O=C(O)c1ccc2nc(CN3CCC(c4cccc(OCc5ccc6cnn(C(F)F)c6c5)n4)CC3)n(CC3CCO3)c2c1. The van der Waals surface area contributed by atoms with Gasteiger partial charge in [-0.15, -0.1) is 0 Å². The van der Waals surface area contributed by atoms with Crippen molar-refractivity contribution in [1.82, 2.24) is 29.2 Å². The summed E-state index contributed by atoms with van der Waals surface area (Å²) in [5, 5.41) is 13.9. The van der Waals surface area contributed by atoms with Crippen molar-refractivity contribution in [3.8, 4) is 5.88 Å². The minimum atomic E-state index is -2.70. The van der Waals surface area contributed by atoms with Gasteiger partial charge in [-0.05, 0) is 68.2 Å². The molecule has 228 valence electrons. The van der Waals surface area contributed by atoms with E-state index in [9.17, 15) is 18.7 Å². The Bertz CT molecular complexity index is 1810. The van der Waals surface area contributed by atoms with E-state index in [0.29, 0.717) is 34.6 Å². The number of benzene rings is 2. The van der Waals surface area contributed by atoms with Gasteiger partial charge in [0.2, 0.25) is 5.88 Å². The third kappa shape index (κ3) is 5.74. The molecule has 5 aromatic rings. The average molecular weight is 603 g/mol. The van der Waals surface area contributed by atoms with Crippen molar-refractivity contribution in [1.29, 1.82) is 0 Å². The Morgan fingerprint density at radius 1 is 1.05 bits per heavy atom. The summed E-state index contributed by atoms with van der Waals surface area (Å²) in [5.41, 5.74) is 3.97. The molecule has 1 atom stereocenters. The number of carboxylic acid groups (broad SMARTS) is 1. The number of pyridine rings is 1. The number of nitrogens with zero attached hydrogens (tertiary/aromatic N) is 6. The molecule has 12 heteroatoms. The summed E-state index contributed by atoms with van der Waals surface area (Å²) in [5.74, 6) is 0.748. The van der Waals surface area contributed by atoms with Gasteiger partial charge in [-0.2, -0.15) is 13.9 Å². The number of alkyl halides is 2. The van der Waals surface area contributed by atoms with E-state index in [1.54, 1.807) is 30.3 Å². The van der Waals surface area contributed by atoms with E-state index < -0.39 is 12.5 Å². The minimum Gasteiger partial charge on any atom is -0.478 e. The quantitative estimate of drug-likeness (QED) is 0.220. The number of aromatic carboxylic acids is 1. The van der Waals surface area contributed by atoms with Crippen LogP contribution in [-0.2, 0) is 24.4 Å². The second-order valence-electron chi connectivity index (χ2n) is 11.4. The highest BCUT2D eigenvalue weighted by atomic mass is 19.3. The lowest BCUT2D eigenvalue weighted by atomic mass is 9.93. The van der Waals surface area contributed by atoms with Crippen LogP contribution < -0.4 is 4.74 Å². The van der Waals surface area contributed by atoms with Gasteiger partial charge in [-0.3, -0.25) is 4.90 Å². The van der Waals surface area contributed by atoms with Crippen LogP contribution in [0.5, 0.6) is 5.88 Å². The zero-order chi connectivity index (χ0) is 30.2. The van der Waals surface area contributed by atoms with Gasteiger partial charge < -0.3 is 19.1 Å². The van der Waals surface area contributed by atoms with Gasteiger partial charge in [0.1, 0.15) is 12.4 Å². The summed E-state index contributed by atoms with van der Waals surface area (Å²) in [6, 6.07) is 16.1. The Labute approximate surface area is 251 Å². The number of hydrogen-bond donors (Lipinski definition) is 1. The Kier molecular flexibility index (Phi) is 7.69. The molecule has 2 aliphatic rings. The average Bonchev–Trinajstić information content (AvgIpc) is 3.59. The van der Waals surface area contributed by atoms with Crippen LogP contribution in [0.2, 0.25) is 0 Å². The van der Waals surface area contributed by atoms with Gasteiger partial charge in [0, 0.05) is 29.7 Å². The molecule has 0 aliphatic carbocycles. The van der Waals surface area contributed by atoms with Crippen LogP contribution in [-0.4, -0.2) is 66.1 Å². The van der Waals surface area contributed by atoms with Crippen molar-refractivity contribution in [3.05, 3.63) is 83.4 Å². The molecule has 2 aliphatic heterocycles. The standard InChI is InChI=1S/C32H32F2N6O4/c33-32(34)40-27-14-20(4-5-23(27)16-35-40)19-44-30-3-1-2-25(37-30)21-8-11-38(12-9-21)18-29-36-26-7-6-22(31(41)42)15-28(26)39(29)17-24-10-13-43-24/h1-7,14-16,21,24,32H,8-13,17-19H2,(H,41,42). The molecule has 1 unspecified atom stereocenters. The van der Waals surface area contributed by atoms with Crippen LogP contribution in [0.1, 0.15) is 59.2 Å². The number of halogens is 2. The van der Waals surface area contributed by atoms with Gasteiger partial charge in [0.25, 0.3) is 0 Å². The number of aromatic nitrogens is 5. The molecule has 0 amide bonds. The van der Waals surface area contributed by atoms with Crippen molar-refractivity contribution >= 4 is 27.9 Å². The van der Waals surface area contributed by atoms with Crippen molar-refractivity contribution in [3.63, 3.8) is 0 Å². The molecule has 0 saturated carbocycles. The van der Waals surface area contributed by atoms with Crippen molar-refractivity contribution in [2.24, 2.45) is 0 Å². The number of fused-ring (bicyclic) bond motifs is 2. The number of piperidine rings is 1. The Morgan fingerprint density at radius 2 is 1.89 bits per heavy atom. The third-order valence-corrected chi connectivity index (χ3v) is 8.60. The largest absolute Gasteiger partial charge is 0.478 e. The highest BCUT2D eigenvalue weighted by Crippen LogP contribution is 2.30. The maximum atomic E-state index is 13.3. The van der Waals surface area contributed by atoms with Crippen LogP contribution in [0, 0.1) is 0 Å². The normalized spacial score (nSPS) is 17.8. The molecule has 7 rings (SSSR count). The Morgan fingerprint density at radius 3 is 2.64 bits per heavy atom. The summed E-state index contributed by atoms with van der Waals surface area (Å²) in [6.07, 6.45) is 4.40. The third-order valence-electron chi connectivity index (χ3n) is 8.60. The van der Waals surface area contributed by atoms with E-state index in [2.05, 4.69) is 14.6 Å². The van der Waals surface area contributed by atoms with Crippen LogP contribution in [0.25, 0.3) is 21.9 Å². The van der Waals surface area contributed by atoms with E-state index in [-0.39, 0.29) is 24.2 Å². The molecule has 3 aromatic heterocycles. The number of likely N-dealkylation sites (tertiary alicyclic amines) is 1. The lowest BCUT2D eigenvalue weighted by Crippen LogP contribution is -2.35. The summed E-state index contributed by atoms with van der Waals surface area (Å²) >= 11 is 0. The summed E-state index contributed by atoms with van der Waals surface area (Å²) < 4.78 is 41.0. The topological polar surface area (TPSA) is 108 Å². The van der Waals surface area contributed by atoms with E-state index in [1.165, 1.54) is 6.20 Å². The zero-order valence-electron chi connectivity index (χ0n) is 24.0. The summed E-state index contributed by atoms with van der Waals surface area (Å²) in [6.45, 7) is 1.33. The van der Waals surface area contributed by atoms with E-state index in [4.69, 9.17) is 19.4 Å². The van der Waals surface area contributed by atoms with Crippen molar-refractivity contribution in [2.45, 2.75) is 57.5 Å². The minimum absolute atomic E-state index is 0.120. The second kappa shape index (κ2) is 11.9. The van der Waals surface area contributed by atoms with Crippen LogP contribution >= 0.6 is 0 Å². The van der Waals surface area contributed by atoms with Crippen molar-refractivity contribution < 1.29 is 28.2 Å². The highest BCUT2D eigenvalue weighted by molar-refractivity contribution is 5.92. The second-order valence-corrected chi connectivity index (χ2v) is 11.4. The number of hydrogen-bond acceptors (Lipinski definition) is 7. The first-order chi connectivity index (χ1) is 21.4. The molecule has 5 heterocycles. The molecule has 0 spiro atoms. The van der Waals surface area contributed by atoms with Gasteiger partial charge in [-0.25, -0.2) is 19.4 Å². The fourth-order valence-corrected chi connectivity index (χ4v) is 6.07. The van der Waals surface area contributed by atoms with E-state index >= 15 is 0 Å². The molecule has 2 saturated heterocycles. The number of carboxylic acids is 1. The molecular weight excluding hydrogens is 570 g/mol. The van der Waals surface area contributed by atoms with Crippen LogP contribution in [0.15, 0.2) is 60.8 Å². The van der Waals surface area contributed by atoms with Crippen LogP contribution in [0.3, 0.4) is 0 Å². The van der Waals surface area contributed by atoms with Gasteiger partial charge in [0.15, 0.2) is 0 Å². The molecule has 0 bridgehead atoms. The molecule has 1 N–H and O–H groups in total. The number of imidazole rings is 1. The number of ether oxygens (including phenoxy) is 2. The fourth-order valence-electron chi connectivity index (χ4n) is 6.07. The predicted octanol–water partition coefficient (Wildman–Crippen LogP) is 5.62. The molecule has 2 aromatic carbocycles. The summed E-state index contributed by atoms with van der Waals surface area (Å²) in [4.78, 5) is 23.6. The Balaban J connectivity index is 0.997. The maximum Gasteiger partial charge on any atom is 0.335 e. The van der Waals surface area contributed by atoms with Gasteiger partial charge in [0.05, 0.1) is 47.5 Å². The maximum absolute atomic E-state index is 13.3. The zero-order valence-corrected chi connectivity index (χ0v) is 24.0. The number of carbonyl (C=O) groups is 1. The number of rotatable bonds is 10. The van der Waals surface area contributed by atoms with E-state index in [1.807, 2.05) is 24.3 Å². The predicted molar refractivity (Wildman–Crippen MR) is 158 cm³/mol. The van der Waals surface area contributed by atoms with Crippen molar-refractivity contribution in [2.75, 3.05) is 19.7 Å². The first-order valence-electron chi connectivity index (χ1n) is 14.8. The van der Waals surface area contributed by atoms with Gasteiger partial charge in [-0.1, -0.05) is 18.2 Å². The molecule has 0 radical (unpaired) electrons. The molecule has 2 fully saturated rings. The molecule has 10 nitrogen and oxygen atoms in total. The lowest BCUT2D eigenvalue weighted by Gasteiger charge is -2.32. The smallest absolute Gasteiger partial charge is 0.335 e. The molecule has 44 heavy (non-hydrogen) atoms. The lowest BCUT2D eigenvalue weighted by molar-refractivity contribution is -0.0592. The first kappa shape index (κ1) is 28.4.